The van der Waals surface area contributed by atoms with Gasteiger partial charge in [0, 0.05) is 24.3 Å². The van der Waals surface area contributed by atoms with Crippen LogP contribution in [0.25, 0.3) is 12.2 Å². The molecule has 3 heterocycles. The molecule has 2 aliphatic heterocycles. The van der Waals surface area contributed by atoms with E-state index in [-0.39, 0.29) is 0 Å². The summed E-state index contributed by atoms with van der Waals surface area (Å²) >= 11 is 1.77. The second kappa shape index (κ2) is 4.08. The van der Waals surface area contributed by atoms with Crippen molar-refractivity contribution in [2.75, 3.05) is 0 Å². The number of nitrogens with zero attached hydrogens (tertiary/aromatic N) is 2. The minimum atomic E-state index is 0.398. The highest BCUT2D eigenvalue weighted by Crippen LogP contribution is 2.45. The van der Waals surface area contributed by atoms with Crippen LogP contribution in [0, 0.1) is 11.8 Å². The van der Waals surface area contributed by atoms with Crippen molar-refractivity contribution in [3.8, 4) is 0 Å². The Bertz CT molecular complexity index is 513. The number of hydrogen-bond acceptors (Lipinski definition) is 3. The zero-order valence-corrected chi connectivity index (χ0v) is 10.7. The molecular formula is C14H14N2S. The standard InChI is InChI=1S/C14H14N2S/c1-9-3-5-11-13(15-7-9)14-12(17-11)6-4-10(2)8-16-14/h3-10H,1-2H3/t9-,10?/m0/s1. The van der Waals surface area contributed by atoms with E-state index < -0.39 is 0 Å². The van der Waals surface area contributed by atoms with Gasteiger partial charge in [0.25, 0.3) is 0 Å². The summed E-state index contributed by atoms with van der Waals surface area (Å²) in [5.41, 5.74) is 2.06. The monoisotopic (exact) mass is 242 g/mol. The quantitative estimate of drug-likeness (QED) is 0.641. The average molecular weight is 242 g/mol. The summed E-state index contributed by atoms with van der Waals surface area (Å²) in [6.07, 6.45) is 12.7. The predicted molar refractivity (Wildman–Crippen MR) is 77.0 cm³/mol. The maximum Gasteiger partial charge on any atom is 0.107 e. The zero-order valence-electron chi connectivity index (χ0n) is 9.92. The minimum absolute atomic E-state index is 0.398. The first kappa shape index (κ1) is 10.7. The maximum absolute atomic E-state index is 4.58. The van der Waals surface area contributed by atoms with Crippen molar-refractivity contribution in [1.29, 1.82) is 0 Å². The van der Waals surface area contributed by atoms with E-state index in [4.69, 9.17) is 0 Å². The van der Waals surface area contributed by atoms with E-state index in [2.05, 4.69) is 48.1 Å². The van der Waals surface area contributed by atoms with Gasteiger partial charge in [0.2, 0.25) is 0 Å². The molecular weight excluding hydrogens is 228 g/mol. The fraction of sp³-hybridized carbons (Fsp3) is 0.286. The van der Waals surface area contributed by atoms with E-state index in [1.807, 2.05) is 12.4 Å². The third kappa shape index (κ3) is 1.91. The van der Waals surface area contributed by atoms with Crippen LogP contribution in [0.3, 0.4) is 0 Å². The Kier molecular flexibility index (Phi) is 2.56. The van der Waals surface area contributed by atoms with Gasteiger partial charge in [-0.15, -0.1) is 11.3 Å². The van der Waals surface area contributed by atoms with Crippen LogP contribution in [-0.4, -0.2) is 12.4 Å². The molecule has 3 heteroatoms. The molecule has 0 aromatic carbocycles. The molecule has 17 heavy (non-hydrogen) atoms. The van der Waals surface area contributed by atoms with Crippen molar-refractivity contribution in [2.24, 2.45) is 21.8 Å². The number of fused-ring (bicyclic) bond motifs is 3. The molecule has 2 aliphatic rings. The summed E-state index contributed by atoms with van der Waals surface area (Å²) in [5, 5.41) is 0. The molecule has 86 valence electrons. The summed E-state index contributed by atoms with van der Waals surface area (Å²) in [6, 6.07) is 0. The first-order valence-corrected chi connectivity index (χ1v) is 6.67. The Hall–Kier alpha value is -1.48. The molecule has 0 saturated carbocycles. The van der Waals surface area contributed by atoms with E-state index >= 15 is 0 Å². The molecule has 0 saturated heterocycles. The maximum atomic E-state index is 4.58. The topological polar surface area (TPSA) is 24.7 Å². The third-order valence-corrected chi connectivity index (χ3v) is 3.99. The SMILES string of the molecule is CC1C=Cc2sc3c(c2N=C1)N=C[C@@H](C)C=C3. The fourth-order valence-corrected chi connectivity index (χ4v) is 2.91. The second-order valence-corrected chi connectivity index (χ2v) is 5.60. The summed E-state index contributed by atoms with van der Waals surface area (Å²) in [6.45, 7) is 4.28. The Morgan fingerprint density at radius 2 is 1.35 bits per heavy atom. The van der Waals surface area contributed by atoms with Crippen LogP contribution < -0.4 is 0 Å². The number of allylic oxidation sites excluding steroid dienone is 2. The van der Waals surface area contributed by atoms with Crippen LogP contribution in [0.5, 0.6) is 0 Å². The molecule has 0 spiro atoms. The second-order valence-electron chi connectivity index (χ2n) is 4.52. The summed E-state index contributed by atoms with van der Waals surface area (Å²) < 4.78 is 0. The van der Waals surface area contributed by atoms with Gasteiger partial charge in [-0.3, -0.25) is 9.98 Å². The van der Waals surface area contributed by atoms with Crippen molar-refractivity contribution in [3.05, 3.63) is 21.9 Å². The van der Waals surface area contributed by atoms with E-state index in [1.165, 1.54) is 9.75 Å². The van der Waals surface area contributed by atoms with Crippen molar-refractivity contribution >= 4 is 47.3 Å². The molecule has 0 bridgehead atoms. The smallest absolute Gasteiger partial charge is 0.107 e. The fourth-order valence-electron chi connectivity index (χ4n) is 1.89. The highest BCUT2D eigenvalue weighted by molar-refractivity contribution is 7.15. The van der Waals surface area contributed by atoms with Crippen LogP contribution in [-0.2, 0) is 0 Å². The average Bonchev–Trinajstić information content (AvgIpc) is 2.44. The number of rotatable bonds is 0. The number of aliphatic imine (C=N–C) groups is 2. The molecule has 0 amide bonds. The van der Waals surface area contributed by atoms with Gasteiger partial charge < -0.3 is 0 Å². The van der Waals surface area contributed by atoms with Crippen molar-refractivity contribution in [2.45, 2.75) is 13.8 Å². The normalized spacial score (nSPS) is 25.3. The molecule has 2 nitrogen and oxygen atoms in total. The van der Waals surface area contributed by atoms with Crippen LogP contribution in [0.4, 0.5) is 11.4 Å². The largest absolute Gasteiger partial charge is 0.257 e. The Morgan fingerprint density at radius 3 is 1.82 bits per heavy atom. The lowest BCUT2D eigenvalue weighted by Gasteiger charge is -1.95. The van der Waals surface area contributed by atoms with Gasteiger partial charge in [0.05, 0.1) is 9.75 Å². The first-order valence-electron chi connectivity index (χ1n) is 5.85. The lowest BCUT2D eigenvalue weighted by molar-refractivity contribution is 1.03. The molecule has 0 aliphatic carbocycles. The third-order valence-electron chi connectivity index (χ3n) is 2.89. The van der Waals surface area contributed by atoms with Crippen molar-refractivity contribution < 1.29 is 0 Å². The van der Waals surface area contributed by atoms with Crippen LogP contribution in [0.15, 0.2) is 22.1 Å². The van der Waals surface area contributed by atoms with Gasteiger partial charge >= 0.3 is 0 Å². The molecule has 1 aromatic heterocycles. The molecule has 2 atom stereocenters. The summed E-state index contributed by atoms with van der Waals surface area (Å²) in [4.78, 5) is 11.6. The van der Waals surface area contributed by atoms with E-state index in [0.717, 1.165) is 11.4 Å². The van der Waals surface area contributed by atoms with Crippen LogP contribution >= 0.6 is 11.3 Å². The molecule has 0 N–H and O–H groups in total. The minimum Gasteiger partial charge on any atom is -0.257 e. The molecule has 0 radical (unpaired) electrons. The lowest BCUT2D eigenvalue weighted by Crippen LogP contribution is -1.87. The van der Waals surface area contributed by atoms with Crippen molar-refractivity contribution in [3.63, 3.8) is 0 Å². The van der Waals surface area contributed by atoms with Gasteiger partial charge in [0.1, 0.15) is 11.4 Å². The first-order chi connectivity index (χ1) is 8.24. The summed E-state index contributed by atoms with van der Waals surface area (Å²) in [5.74, 6) is 0.795. The Morgan fingerprint density at radius 1 is 0.882 bits per heavy atom. The van der Waals surface area contributed by atoms with Crippen LogP contribution in [0.2, 0.25) is 0 Å². The van der Waals surface area contributed by atoms with Gasteiger partial charge in [-0.2, -0.15) is 0 Å². The van der Waals surface area contributed by atoms with E-state index in [1.54, 1.807) is 11.3 Å². The molecule has 1 aromatic rings. The van der Waals surface area contributed by atoms with Gasteiger partial charge in [-0.05, 0) is 12.2 Å². The lowest BCUT2D eigenvalue weighted by atomic mass is 10.2. The highest BCUT2D eigenvalue weighted by Gasteiger charge is 2.17. The van der Waals surface area contributed by atoms with E-state index in [9.17, 15) is 0 Å². The Labute approximate surface area is 105 Å². The highest BCUT2D eigenvalue weighted by atomic mass is 32.1. The Balaban J connectivity index is 2.17. The van der Waals surface area contributed by atoms with Gasteiger partial charge in [0.15, 0.2) is 0 Å². The summed E-state index contributed by atoms with van der Waals surface area (Å²) in [7, 11) is 0. The zero-order chi connectivity index (χ0) is 11.8. The predicted octanol–water partition coefficient (Wildman–Crippen LogP) is 4.48. The van der Waals surface area contributed by atoms with Gasteiger partial charge in [-0.1, -0.05) is 26.0 Å². The van der Waals surface area contributed by atoms with Gasteiger partial charge in [-0.25, -0.2) is 0 Å². The van der Waals surface area contributed by atoms with E-state index in [0.29, 0.717) is 11.8 Å². The molecule has 0 fully saturated rings. The van der Waals surface area contributed by atoms with Crippen molar-refractivity contribution in [1.82, 2.24) is 0 Å². The molecule has 3 rings (SSSR count). The van der Waals surface area contributed by atoms with Crippen LogP contribution in [0.1, 0.15) is 23.6 Å². The molecule has 1 unspecified atom stereocenters. The number of hydrogen-bond donors (Lipinski definition) is 0. The number of thiophene rings is 1.